The molecule has 6 nitrogen and oxygen atoms in total. The molecule has 0 radical (unpaired) electrons. The van der Waals surface area contributed by atoms with Crippen molar-refractivity contribution in [3.63, 3.8) is 0 Å². The van der Waals surface area contributed by atoms with Crippen LogP contribution in [0.25, 0.3) is 11.1 Å². The number of nitriles is 1. The van der Waals surface area contributed by atoms with Gasteiger partial charge in [-0.15, -0.1) is 0 Å². The van der Waals surface area contributed by atoms with Gasteiger partial charge < -0.3 is 13.7 Å². The van der Waals surface area contributed by atoms with Crippen LogP contribution in [0.4, 0.5) is 0 Å². The second kappa shape index (κ2) is 8.11. The summed E-state index contributed by atoms with van der Waals surface area (Å²) in [7, 11) is 1.24. The Kier molecular flexibility index (Phi) is 6.86. The average molecular weight is 360 g/mol. The van der Waals surface area contributed by atoms with E-state index in [1.165, 1.54) is 11.5 Å². The van der Waals surface area contributed by atoms with Crippen LogP contribution in [-0.4, -0.2) is 22.9 Å². The van der Waals surface area contributed by atoms with Crippen molar-refractivity contribution < 1.29 is 13.7 Å². The summed E-state index contributed by atoms with van der Waals surface area (Å²) in [5.41, 5.74) is 2.45. The second-order valence-electron chi connectivity index (χ2n) is 6.92. The number of nitrogens with zero attached hydrogens (tertiary/aromatic N) is 2. The van der Waals surface area contributed by atoms with Gasteiger partial charge in [0.05, 0.1) is 22.8 Å². The van der Waals surface area contributed by atoms with Crippen LogP contribution in [0.1, 0.15) is 54.0 Å². The van der Waals surface area contributed by atoms with Crippen LogP contribution >= 0.6 is 0 Å². The van der Waals surface area contributed by atoms with E-state index in [4.69, 9.17) is 19.0 Å². The Morgan fingerprint density at radius 3 is 2.04 bits per heavy atom. The quantitative estimate of drug-likeness (QED) is 0.730. The van der Waals surface area contributed by atoms with Crippen molar-refractivity contribution in [3.05, 3.63) is 28.2 Å². The van der Waals surface area contributed by atoms with Crippen molar-refractivity contribution >= 4 is 23.7 Å². The van der Waals surface area contributed by atoms with E-state index in [-0.39, 0.29) is 5.76 Å². The molecule has 2 heterocycles. The van der Waals surface area contributed by atoms with Gasteiger partial charge >= 0.3 is 12.9 Å². The number of aromatic nitrogens is 1. The van der Waals surface area contributed by atoms with Gasteiger partial charge in [-0.05, 0) is 57.8 Å². The molecule has 3 rings (SSSR count). The first-order chi connectivity index (χ1) is 12.0. The van der Waals surface area contributed by atoms with Crippen LogP contribution in [0.15, 0.2) is 21.3 Å². The van der Waals surface area contributed by atoms with Gasteiger partial charge in [0.25, 0.3) is 0 Å². The van der Waals surface area contributed by atoms with Gasteiger partial charge in [-0.25, -0.2) is 4.79 Å². The fraction of sp³-hybridized carbons (Fsp3) is 0.579. The van der Waals surface area contributed by atoms with Gasteiger partial charge in [0, 0.05) is 14.0 Å². The molecule has 0 amide bonds. The van der Waals surface area contributed by atoms with Crippen molar-refractivity contribution in [3.8, 4) is 6.07 Å². The van der Waals surface area contributed by atoms with Gasteiger partial charge in [-0.3, -0.25) is 4.57 Å². The number of hydrogen-bond acceptors (Lipinski definition) is 5. The molecule has 0 N–H and O–H groups in total. The number of fused-ring (bicyclic) bond motifs is 1. The van der Waals surface area contributed by atoms with Crippen molar-refractivity contribution in [2.45, 2.75) is 66.6 Å². The van der Waals surface area contributed by atoms with Crippen LogP contribution < -0.4 is 11.2 Å². The lowest BCUT2D eigenvalue weighted by Gasteiger charge is -2.32. The molecule has 1 aromatic heterocycles. The summed E-state index contributed by atoms with van der Waals surface area (Å²) >= 11 is 0. The summed E-state index contributed by atoms with van der Waals surface area (Å²) in [6, 6.07) is 5.52. The standard InChI is InChI=1S/C15H20BNO4.C2H3N.C2H6/c1-9-7-11-12(19-13(18)17(11)6)8-10(9)16-20-14(2,3)15(4,5)21-16;1-2-3;1-2/h7-8H,1-6H3;1H3;1-2H3. The van der Waals surface area contributed by atoms with E-state index >= 15 is 0 Å². The van der Waals surface area contributed by atoms with Gasteiger partial charge in [-0.2, -0.15) is 5.26 Å². The highest BCUT2D eigenvalue weighted by Gasteiger charge is 2.52. The molecule has 1 aromatic carbocycles. The lowest BCUT2D eigenvalue weighted by molar-refractivity contribution is 0.00578. The molecule has 0 bridgehead atoms. The monoisotopic (exact) mass is 360 g/mol. The minimum absolute atomic E-state index is 0.365. The zero-order valence-corrected chi connectivity index (χ0v) is 17.3. The van der Waals surface area contributed by atoms with Crippen molar-refractivity contribution in [2.24, 2.45) is 7.05 Å². The topological polar surface area (TPSA) is 77.4 Å². The largest absolute Gasteiger partial charge is 0.495 e. The molecule has 1 fully saturated rings. The average Bonchev–Trinajstić information content (AvgIpc) is 2.94. The summed E-state index contributed by atoms with van der Waals surface area (Å²) in [6.45, 7) is 15.5. The number of hydrogen-bond donors (Lipinski definition) is 0. The highest BCUT2D eigenvalue weighted by atomic mass is 16.7. The molecular formula is C19H29BN2O4. The molecule has 1 saturated heterocycles. The Hall–Kier alpha value is -2.04. The molecule has 26 heavy (non-hydrogen) atoms. The summed E-state index contributed by atoms with van der Waals surface area (Å²) in [4.78, 5) is 11.6. The van der Waals surface area contributed by atoms with Crippen LogP contribution in [0, 0.1) is 18.3 Å². The molecule has 142 valence electrons. The van der Waals surface area contributed by atoms with E-state index in [2.05, 4.69) is 0 Å². The van der Waals surface area contributed by atoms with Crippen molar-refractivity contribution in [1.29, 1.82) is 5.26 Å². The minimum atomic E-state index is -0.454. The number of rotatable bonds is 1. The number of benzene rings is 1. The smallest absolute Gasteiger partial charge is 0.408 e. The van der Waals surface area contributed by atoms with Crippen LogP contribution in [-0.2, 0) is 16.4 Å². The number of aryl methyl sites for hydroxylation is 2. The Morgan fingerprint density at radius 2 is 1.58 bits per heavy atom. The van der Waals surface area contributed by atoms with E-state index in [1.54, 1.807) is 13.1 Å². The third kappa shape index (κ3) is 4.03. The Labute approximate surface area is 155 Å². The van der Waals surface area contributed by atoms with E-state index in [1.807, 2.05) is 60.6 Å². The Morgan fingerprint density at radius 1 is 1.12 bits per heavy atom. The first kappa shape index (κ1) is 22.0. The maximum atomic E-state index is 11.6. The first-order valence-electron chi connectivity index (χ1n) is 8.80. The third-order valence-electron chi connectivity index (χ3n) is 4.69. The Bertz CT molecular complexity index is 843. The maximum Gasteiger partial charge on any atom is 0.495 e. The summed E-state index contributed by atoms with van der Waals surface area (Å²) in [5.74, 6) is -0.365. The lowest BCUT2D eigenvalue weighted by Crippen LogP contribution is -2.41. The van der Waals surface area contributed by atoms with Crippen LogP contribution in [0.5, 0.6) is 0 Å². The molecular weight excluding hydrogens is 331 g/mol. The predicted molar refractivity (Wildman–Crippen MR) is 105 cm³/mol. The predicted octanol–water partition coefficient (Wildman–Crippen LogP) is 3.30. The zero-order chi connectivity index (χ0) is 20.3. The van der Waals surface area contributed by atoms with Gasteiger partial charge in [-0.1, -0.05) is 13.8 Å². The van der Waals surface area contributed by atoms with E-state index in [0.29, 0.717) is 5.58 Å². The van der Waals surface area contributed by atoms with Gasteiger partial charge in [0.2, 0.25) is 0 Å². The molecule has 0 spiro atoms. The fourth-order valence-electron chi connectivity index (χ4n) is 2.52. The Balaban J connectivity index is 0.000000615. The molecule has 1 aliphatic heterocycles. The molecule has 7 heteroatoms. The van der Waals surface area contributed by atoms with E-state index in [9.17, 15) is 4.79 Å². The van der Waals surface area contributed by atoms with E-state index in [0.717, 1.165) is 16.5 Å². The van der Waals surface area contributed by atoms with Gasteiger partial charge in [0.1, 0.15) is 0 Å². The maximum absolute atomic E-state index is 11.6. The highest BCUT2D eigenvalue weighted by molar-refractivity contribution is 6.62. The molecule has 0 saturated carbocycles. The summed E-state index contributed by atoms with van der Waals surface area (Å²) in [6.07, 6.45) is 0. The molecule has 0 aliphatic carbocycles. The van der Waals surface area contributed by atoms with E-state index < -0.39 is 18.3 Å². The summed E-state index contributed by atoms with van der Waals surface area (Å²) in [5, 5.41) is 7.32. The highest BCUT2D eigenvalue weighted by Crippen LogP contribution is 2.36. The number of oxazole rings is 1. The fourth-order valence-corrected chi connectivity index (χ4v) is 2.52. The minimum Gasteiger partial charge on any atom is -0.408 e. The molecule has 2 aromatic rings. The zero-order valence-electron chi connectivity index (χ0n) is 17.3. The SMILES string of the molecule is CC.CC#N.Cc1cc2c(cc1B1OC(C)(C)C(C)(C)O1)oc(=O)n2C. The molecule has 0 unspecified atom stereocenters. The normalized spacial score (nSPS) is 17.0. The molecule has 0 atom stereocenters. The van der Waals surface area contributed by atoms with Crippen molar-refractivity contribution in [1.82, 2.24) is 4.57 Å². The van der Waals surface area contributed by atoms with Crippen LogP contribution in [0.2, 0.25) is 0 Å². The van der Waals surface area contributed by atoms with Gasteiger partial charge in [0.15, 0.2) is 5.58 Å². The molecule has 1 aliphatic rings. The lowest BCUT2D eigenvalue weighted by atomic mass is 9.76. The first-order valence-corrected chi connectivity index (χ1v) is 8.80. The third-order valence-corrected chi connectivity index (χ3v) is 4.69. The second-order valence-corrected chi connectivity index (χ2v) is 6.92. The van der Waals surface area contributed by atoms with Crippen LogP contribution in [0.3, 0.4) is 0 Å². The van der Waals surface area contributed by atoms with Crippen molar-refractivity contribution in [2.75, 3.05) is 0 Å². The summed E-state index contributed by atoms with van der Waals surface area (Å²) < 4.78 is 18.9.